The molecule has 68 valence electrons. The van der Waals surface area contributed by atoms with Crippen LogP contribution in [0.2, 0.25) is 0 Å². The number of aromatic nitrogens is 2. The molecule has 0 aromatic carbocycles. The number of hydrogen-bond donors (Lipinski definition) is 1. The lowest BCUT2D eigenvalue weighted by Crippen LogP contribution is -2.25. The van der Waals surface area contributed by atoms with Gasteiger partial charge in [0.15, 0.2) is 0 Å². The molecule has 0 saturated heterocycles. The maximum atomic E-state index is 11.4. The molecule has 0 spiro atoms. The van der Waals surface area contributed by atoms with Gasteiger partial charge in [-0.1, -0.05) is 0 Å². The minimum atomic E-state index is -0.646. The predicted octanol–water partition coefficient (Wildman–Crippen LogP) is -0.712. The fraction of sp³-hybridized carbons (Fsp3) is 0.375. The molecule has 1 aliphatic rings. The summed E-state index contributed by atoms with van der Waals surface area (Å²) in [6, 6.07) is 1.19. The van der Waals surface area contributed by atoms with E-state index in [0.717, 1.165) is 12.8 Å². The van der Waals surface area contributed by atoms with E-state index in [1.165, 1.54) is 6.07 Å². The monoisotopic (exact) mass is 179 g/mol. The van der Waals surface area contributed by atoms with E-state index in [1.807, 2.05) is 0 Å². The number of primary amides is 1. The highest BCUT2D eigenvalue weighted by atomic mass is 16.1. The summed E-state index contributed by atoms with van der Waals surface area (Å²) < 4.78 is 1.58. The Labute approximate surface area is 74.2 Å². The average molecular weight is 179 g/mol. The molecule has 2 heterocycles. The first kappa shape index (κ1) is 7.97. The lowest BCUT2D eigenvalue weighted by atomic mass is 10.3. The van der Waals surface area contributed by atoms with E-state index in [1.54, 1.807) is 4.57 Å². The Morgan fingerprint density at radius 3 is 3.08 bits per heavy atom. The van der Waals surface area contributed by atoms with Gasteiger partial charge in [-0.3, -0.25) is 14.2 Å². The van der Waals surface area contributed by atoms with Crippen molar-refractivity contribution >= 4 is 5.91 Å². The topological polar surface area (TPSA) is 78.0 Å². The van der Waals surface area contributed by atoms with Gasteiger partial charge in [0.2, 0.25) is 0 Å². The molecule has 2 N–H and O–H groups in total. The third kappa shape index (κ3) is 1.22. The van der Waals surface area contributed by atoms with Crippen molar-refractivity contribution in [3.8, 4) is 0 Å². The first-order chi connectivity index (χ1) is 6.18. The molecule has 0 aliphatic carbocycles. The van der Waals surface area contributed by atoms with Gasteiger partial charge in [0.1, 0.15) is 11.5 Å². The normalized spacial score (nSPS) is 14.2. The Kier molecular flexibility index (Phi) is 1.65. The molecular formula is C8H9N3O2. The van der Waals surface area contributed by atoms with Crippen LogP contribution in [0.5, 0.6) is 0 Å². The number of carbonyl (C=O) groups is 1. The summed E-state index contributed by atoms with van der Waals surface area (Å²) in [5, 5.41) is 0. The zero-order valence-corrected chi connectivity index (χ0v) is 6.99. The van der Waals surface area contributed by atoms with Gasteiger partial charge in [-0.15, -0.1) is 0 Å². The zero-order valence-electron chi connectivity index (χ0n) is 6.99. The highest BCUT2D eigenvalue weighted by molar-refractivity contribution is 5.90. The van der Waals surface area contributed by atoms with Crippen LogP contribution >= 0.6 is 0 Å². The number of aryl methyl sites for hydroxylation is 1. The number of nitrogens with two attached hydrogens (primary N) is 1. The van der Waals surface area contributed by atoms with E-state index in [4.69, 9.17) is 5.73 Å². The van der Waals surface area contributed by atoms with Crippen LogP contribution in [0.25, 0.3) is 0 Å². The average Bonchev–Trinajstić information content (AvgIpc) is 2.51. The van der Waals surface area contributed by atoms with Crippen molar-refractivity contribution in [2.24, 2.45) is 5.73 Å². The van der Waals surface area contributed by atoms with Crippen LogP contribution in [-0.2, 0) is 13.0 Å². The molecule has 5 heteroatoms. The van der Waals surface area contributed by atoms with Crippen LogP contribution < -0.4 is 11.3 Å². The van der Waals surface area contributed by atoms with Gasteiger partial charge in [0.25, 0.3) is 11.5 Å². The Morgan fingerprint density at radius 2 is 2.38 bits per heavy atom. The van der Waals surface area contributed by atoms with E-state index in [9.17, 15) is 9.59 Å². The van der Waals surface area contributed by atoms with Gasteiger partial charge >= 0.3 is 0 Å². The molecule has 0 atom stereocenters. The number of nitrogens with zero attached hydrogens (tertiary/aromatic N) is 2. The molecule has 0 unspecified atom stereocenters. The molecule has 5 nitrogen and oxygen atoms in total. The van der Waals surface area contributed by atoms with Gasteiger partial charge < -0.3 is 5.73 Å². The zero-order chi connectivity index (χ0) is 9.42. The van der Waals surface area contributed by atoms with Crippen molar-refractivity contribution in [1.29, 1.82) is 0 Å². The van der Waals surface area contributed by atoms with E-state index < -0.39 is 5.91 Å². The van der Waals surface area contributed by atoms with Crippen molar-refractivity contribution in [2.45, 2.75) is 19.4 Å². The molecule has 13 heavy (non-hydrogen) atoms. The predicted molar refractivity (Wildman–Crippen MR) is 45.3 cm³/mol. The summed E-state index contributed by atoms with van der Waals surface area (Å²) >= 11 is 0. The lowest BCUT2D eigenvalue weighted by molar-refractivity contribution is 0.0995. The maximum Gasteiger partial charge on any atom is 0.267 e. The summed E-state index contributed by atoms with van der Waals surface area (Å²) in [4.78, 5) is 26.1. The minimum Gasteiger partial charge on any atom is -0.364 e. The van der Waals surface area contributed by atoms with Gasteiger partial charge in [0, 0.05) is 19.0 Å². The quantitative estimate of drug-likeness (QED) is 0.618. The molecule has 0 radical (unpaired) electrons. The highest BCUT2D eigenvalue weighted by Gasteiger charge is 2.15. The Bertz CT molecular complexity index is 422. The van der Waals surface area contributed by atoms with Crippen LogP contribution in [0, 0.1) is 0 Å². The first-order valence-electron chi connectivity index (χ1n) is 4.09. The van der Waals surface area contributed by atoms with Crippen LogP contribution in [0.15, 0.2) is 10.9 Å². The number of hydrogen-bond acceptors (Lipinski definition) is 3. The molecule has 0 bridgehead atoms. The molecule has 1 aromatic rings. The fourth-order valence-electron chi connectivity index (χ4n) is 1.51. The molecule has 1 aliphatic heterocycles. The third-order valence-electron chi connectivity index (χ3n) is 2.12. The lowest BCUT2D eigenvalue weighted by Gasteiger charge is -2.01. The standard InChI is InChI=1S/C8H9N3O2/c9-8(13)5-4-7(12)11-3-1-2-6(11)10-5/h4H,1-3H2,(H2,9,13). The molecule has 0 saturated carbocycles. The third-order valence-corrected chi connectivity index (χ3v) is 2.12. The summed E-state index contributed by atoms with van der Waals surface area (Å²) in [7, 11) is 0. The molecular weight excluding hydrogens is 170 g/mol. The fourth-order valence-corrected chi connectivity index (χ4v) is 1.51. The Morgan fingerprint density at radius 1 is 1.62 bits per heavy atom. The Hall–Kier alpha value is -1.65. The van der Waals surface area contributed by atoms with Crippen molar-refractivity contribution in [3.63, 3.8) is 0 Å². The van der Waals surface area contributed by atoms with E-state index in [2.05, 4.69) is 4.98 Å². The number of amides is 1. The minimum absolute atomic E-state index is 0.0677. The number of rotatable bonds is 1. The second-order valence-corrected chi connectivity index (χ2v) is 3.02. The van der Waals surface area contributed by atoms with Gasteiger partial charge in [-0.05, 0) is 6.42 Å². The largest absolute Gasteiger partial charge is 0.364 e. The van der Waals surface area contributed by atoms with E-state index in [0.29, 0.717) is 12.4 Å². The summed E-state index contributed by atoms with van der Waals surface area (Å²) in [5.41, 5.74) is 4.91. The van der Waals surface area contributed by atoms with Crippen molar-refractivity contribution in [3.05, 3.63) is 27.9 Å². The van der Waals surface area contributed by atoms with Crippen LogP contribution in [0.4, 0.5) is 0 Å². The van der Waals surface area contributed by atoms with E-state index in [-0.39, 0.29) is 11.3 Å². The summed E-state index contributed by atoms with van der Waals surface area (Å²) in [6.07, 6.45) is 1.65. The maximum absolute atomic E-state index is 11.4. The second-order valence-electron chi connectivity index (χ2n) is 3.02. The molecule has 2 rings (SSSR count). The number of carbonyl (C=O) groups excluding carboxylic acids is 1. The highest BCUT2D eigenvalue weighted by Crippen LogP contribution is 2.08. The van der Waals surface area contributed by atoms with Crippen molar-refractivity contribution in [1.82, 2.24) is 9.55 Å². The van der Waals surface area contributed by atoms with Crippen LogP contribution in [0.3, 0.4) is 0 Å². The smallest absolute Gasteiger partial charge is 0.267 e. The number of fused-ring (bicyclic) bond motifs is 1. The summed E-state index contributed by atoms with van der Waals surface area (Å²) in [6.45, 7) is 0.695. The molecule has 0 fully saturated rings. The van der Waals surface area contributed by atoms with Crippen LogP contribution in [-0.4, -0.2) is 15.5 Å². The Balaban J connectivity index is 2.62. The van der Waals surface area contributed by atoms with Gasteiger partial charge in [-0.25, -0.2) is 4.98 Å². The van der Waals surface area contributed by atoms with Crippen molar-refractivity contribution in [2.75, 3.05) is 0 Å². The van der Waals surface area contributed by atoms with Crippen molar-refractivity contribution < 1.29 is 4.79 Å². The van der Waals surface area contributed by atoms with Gasteiger partial charge in [0.05, 0.1) is 0 Å². The van der Waals surface area contributed by atoms with Crippen LogP contribution in [0.1, 0.15) is 22.7 Å². The van der Waals surface area contributed by atoms with E-state index >= 15 is 0 Å². The first-order valence-corrected chi connectivity index (χ1v) is 4.09. The van der Waals surface area contributed by atoms with Gasteiger partial charge in [-0.2, -0.15) is 0 Å². The second kappa shape index (κ2) is 2.69. The SMILES string of the molecule is NC(=O)c1cc(=O)n2c(n1)CCC2. The summed E-state index contributed by atoms with van der Waals surface area (Å²) in [5.74, 6) is 0.0219. The molecule has 1 aromatic heterocycles. The molecule has 1 amide bonds.